The lowest BCUT2D eigenvalue weighted by molar-refractivity contribution is 0.208. The maximum absolute atomic E-state index is 5.80. The van der Waals surface area contributed by atoms with Crippen molar-refractivity contribution in [3.05, 3.63) is 6.33 Å². The molecule has 0 aliphatic rings. The van der Waals surface area contributed by atoms with Gasteiger partial charge in [0.05, 0.1) is 12.7 Å². The van der Waals surface area contributed by atoms with Crippen LogP contribution in [0.1, 0.15) is 27.2 Å². The highest BCUT2D eigenvalue weighted by Crippen LogP contribution is 2.27. The molecule has 84 valence electrons. The lowest BCUT2D eigenvalue weighted by atomic mass is 10.3. The molecular formula is C10H17N3O2. The smallest absolute Gasteiger partial charge is 0.244 e. The lowest BCUT2D eigenvalue weighted by Crippen LogP contribution is -2.13. The van der Waals surface area contributed by atoms with E-state index in [-0.39, 0.29) is 6.10 Å². The highest BCUT2D eigenvalue weighted by molar-refractivity contribution is 5.55. The molecule has 1 rings (SSSR count). The van der Waals surface area contributed by atoms with Crippen LogP contribution in [-0.2, 0) is 0 Å². The van der Waals surface area contributed by atoms with Crippen molar-refractivity contribution in [2.75, 3.05) is 12.3 Å². The Hall–Kier alpha value is -1.52. The van der Waals surface area contributed by atoms with E-state index in [0.29, 0.717) is 24.1 Å². The Bertz CT molecular complexity index is 318. The summed E-state index contributed by atoms with van der Waals surface area (Å²) in [7, 11) is 0. The number of nitrogens with two attached hydrogens (primary N) is 1. The molecule has 15 heavy (non-hydrogen) atoms. The Morgan fingerprint density at radius 2 is 2.00 bits per heavy atom. The SMILES string of the molecule is CCOc1ncnc(OC(C)CC)c1N. The third kappa shape index (κ3) is 2.97. The third-order valence-corrected chi connectivity index (χ3v) is 1.98. The minimum absolute atomic E-state index is 0.0803. The van der Waals surface area contributed by atoms with Gasteiger partial charge in [-0.25, -0.2) is 0 Å². The van der Waals surface area contributed by atoms with Gasteiger partial charge in [-0.2, -0.15) is 9.97 Å². The fraction of sp³-hybridized carbons (Fsp3) is 0.600. The summed E-state index contributed by atoms with van der Waals surface area (Å²) in [5.41, 5.74) is 6.16. The molecule has 0 aromatic carbocycles. The summed E-state index contributed by atoms with van der Waals surface area (Å²) in [6.07, 6.45) is 2.36. The average molecular weight is 211 g/mol. The minimum atomic E-state index is 0.0803. The molecule has 0 amide bonds. The van der Waals surface area contributed by atoms with Crippen molar-refractivity contribution in [1.29, 1.82) is 0 Å². The van der Waals surface area contributed by atoms with E-state index in [1.54, 1.807) is 0 Å². The van der Waals surface area contributed by atoms with Crippen LogP contribution in [0.15, 0.2) is 6.33 Å². The van der Waals surface area contributed by atoms with Gasteiger partial charge in [0.2, 0.25) is 11.8 Å². The standard InChI is InChI=1S/C10H17N3O2/c1-4-7(3)15-10-8(11)9(14-5-2)12-6-13-10/h6-7H,4-5,11H2,1-3H3. The summed E-state index contributed by atoms with van der Waals surface area (Å²) in [5, 5.41) is 0. The number of hydrogen-bond acceptors (Lipinski definition) is 5. The van der Waals surface area contributed by atoms with Crippen LogP contribution in [0.4, 0.5) is 5.69 Å². The molecular weight excluding hydrogens is 194 g/mol. The molecule has 1 heterocycles. The molecule has 5 heteroatoms. The third-order valence-electron chi connectivity index (χ3n) is 1.98. The van der Waals surface area contributed by atoms with E-state index >= 15 is 0 Å². The molecule has 0 saturated carbocycles. The maximum atomic E-state index is 5.80. The average Bonchev–Trinajstić information content (AvgIpc) is 2.24. The fourth-order valence-electron chi connectivity index (χ4n) is 0.984. The van der Waals surface area contributed by atoms with E-state index in [9.17, 15) is 0 Å². The second-order valence-corrected chi connectivity index (χ2v) is 3.17. The summed E-state index contributed by atoms with van der Waals surface area (Å²) in [6, 6.07) is 0. The molecule has 1 atom stereocenters. The molecule has 1 aromatic rings. The summed E-state index contributed by atoms with van der Waals surface area (Å²) in [5.74, 6) is 0.772. The van der Waals surface area contributed by atoms with Crippen molar-refractivity contribution in [2.45, 2.75) is 33.3 Å². The number of ether oxygens (including phenoxy) is 2. The molecule has 5 nitrogen and oxygen atoms in total. The van der Waals surface area contributed by atoms with Gasteiger partial charge in [-0.3, -0.25) is 0 Å². The molecule has 1 unspecified atom stereocenters. The topological polar surface area (TPSA) is 70.3 Å². The quantitative estimate of drug-likeness (QED) is 0.801. The number of anilines is 1. The molecule has 0 bridgehead atoms. The van der Waals surface area contributed by atoms with Crippen LogP contribution >= 0.6 is 0 Å². The predicted molar refractivity (Wildman–Crippen MR) is 58.0 cm³/mol. The lowest BCUT2D eigenvalue weighted by Gasteiger charge is -2.14. The second-order valence-electron chi connectivity index (χ2n) is 3.17. The number of nitrogens with zero attached hydrogens (tertiary/aromatic N) is 2. The van der Waals surface area contributed by atoms with E-state index < -0.39 is 0 Å². The largest absolute Gasteiger partial charge is 0.476 e. The van der Waals surface area contributed by atoms with Crippen LogP contribution in [0, 0.1) is 0 Å². The van der Waals surface area contributed by atoms with Gasteiger partial charge >= 0.3 is 0 Å². The van der Waals surface area contributed by atoms with Crippen molar-refractivity contribution in [2.24, 2.45) is 0 Å². The van der Waals surface area contributed by atoms with E-state index in [4.69, 9.17) is 15.2 Å². The van der Waals surface area contributed by atoms with Gasteiger partial charge in [0.25, 0.3) is 0 Å². The number of rotatable bonds is 5. The monoisotopic (exact) mass is 211 g/mol. The Balaban J connectivity index is 2.84. The van der Waals surface area contributed by atoms with E-state index in [2.05, 4.69) is 9.97 Å². The van der Waals surface area contributed by atoms with Crippen molar-refractivity contribution in [3.8, 4) is 11.8 Å². The van der Waals surface area contributed by atoms with Crippen LogP contribution < -0.4 is 15.2 Å². The van der Waals surface area contributed by atoms with E-state index in [0.717, 1.165) is 6.42 Å². The van der Waals surface area contributed by atoms with E-state index in [1.807, 2.05) is 20.8 Å². The zero-order chi connectivity index (χ0) is 11.3. The Morgan fingerprint density at radius 3 is 2.60 bits per heavy atom. The maximum Gasteiger partial charge on any atom is 0.244 e. The van der Waals surface area contributed by atoms with Gasteiger partial charge in [0.1, 0.15) is 6.33 Å². The van der Waals surface area contributed by atoms with Crippen molar-refractivity contribution < 1.29 is 9.47 Å². The van der Waals surface area contributed by atoms with Crippen LogP contribution in [-0.4, -0.2) is 22.7 Å². The molecule has 0 radical (unpaired) electrons. The molecule has 0 aliphatic heterocycles. The molecule has 0 aliphatic carbocycles. The highest BCUT2D eigenvalue weighted by Gasteiger charge is 2.12. The second kappa shape index (κ2) is 5.38. The van der Waals surface area contributed by atoms with Crippen LogP contribution in [0.5, 0.6) is 11.8 Å². The number of aromatic nitrogens is 2. The Labute approximate surface area is 89.6 Å². The van der Waals surface area contributed by atoms with Gasteiger partial charge in [0, 0.05) is 0 Å². The predicted octanol–water partition coefficient (Wildman–Crippen LogP) is 1.63. The first kappa shape index (κ1) is 11.6. The van der Waals surface area contributed by atoms with Crippen LogP contribution in [0.3, 0.4) is 0 Å². The van der Waals surface area contributed by atoms with Gasteiger partial charge < -0.3 is 15.2 Å². The van der Waals surface area contributed by atoms with Gasteiger partial charge in [-0.15, -0.1) is 0 Å². The zero-order valence-corrected chi connectivity index (χ0v) is 9.36. The zero-order valence-electron chi connectivity index (χ0n) is 9.36. The van der Waals surface area contributed by atoms with E-state index in [1.165, 1.54) is 6.33 Å². The molecule has 0 spiro atoms. The summed E-state index contributed by atoms with van der Waals surface area (Å²) in [4.78, 5) is 7.89. The molecule has 0 fully saturated rings. The number of nitrogen functional groups attached to an aromatic ring is 1. The normalized spacial score (nSPS) is 12.2. The van der Waals surface area contributed by atoms with Crippen molar-refractivity contribution in [1.82, 2.24) is 9.97 Å². The van der Waals surface area contributed by atoms with Gasteiger partial charge in [-0.1, -0.05) is 6.92 Å². The summed E-state index contributed by atoms with van der Waals surface area (Å²) in [6.45, 7) is 6.38. The first-order valence-electron chi connectivity index (χ1n) is 5.08. The first-order valence-corrected chi connectivity index (χ1v) is 5.08. The summed E-state index contributed by atoms with van der Waals surface area (Å²) >= 11 is 0. The van der Waals surface area contributed by atoms with Gasteiger partial charge in [-0.05, 0) is 20.3 Å². The fourth-order valence-corrected chi connectivity index (χ4v) is 0.984. The van der Waals surface area contributed by atoms with Crippen molar-refractivity contribution in [3.63, 3.8) is 0 Å². The molecule has 2 N–H and O–H groups in total. The van der Waals surface area contributed by atoms with Crippen LogP contribution in [0.25, 0.3) is 0 Å². The Morgan fingerprint density at radius 1 is 1.33 bits per heavy atom. The molecule has 1 aromatic heterocycles. The van der Waals surface area contributed by atoms with Crippen molar-refractivity contribution >= 4 is 5.69 Å². The summed E-state index contributed by atoms with van der Waals surface area (Å²) < 4.78 is 10.8. The number of hydrogen-bond donors (Lipinski definition) is 1. The Kier molecular flexibility index (Phi) is 4.15. The minimum Gasteiger partial charge on any atom is -0.476 e. The van der Waals surface area contributed by atoms with Crippen LogP contribution in [0.2, 0.25) is 0 Å². The van der Waals surface area contributed by atoms with Gasteiger partial charge in [0.15, 0.2) is 5.69 Å². The molecule has 0 saturated heterocycles. The first-order chi connectivity index (χ1) is 7.19. The highest BCUT2D eigenvalue weighted by atomic mass is 16.5.